The number of hydrogen-bond acceptors (Lipinski definition) is 3. The topological polar surface area (TPSA) is 38.2 Å². The smallest absolute Gasteiger partial charge is 0.641 e. The van der Waals surface area contributed by atoms with Gasteiger partial charge in [0.2, 0.25) is 0 Å². The van der Waals surface area contributed by atoms with Gasteiger partial charge in [0.05, 0.1) is 0 Å². The van der Waals surface area contributed by atoms with Crippen LogP contribution in [0.4, 0.5) is 11.4 Å². The predicted octanol–water partition coefficient (Wildman–Crippen LogP) is 5.73. The van der Waals surface area contributed by atoms with Gasteiger partial charge >= 0.3 is 51.4 Å². The molecular weight excluding hydrogens is 496 g/mol. The van der Waals surface area contributed by atoms with Gasteiger partial charge in [-0.15, -0.1) is 6.54 Å². The Morgan fingerprint density at radius 2 is 1.33 bits per heavy atom. The number of nitrogens with zero attached hydrogens (tertiary/aromatic N) is 1. The third-order valence-electron chi connectivity index (χ3n) is 4.86. The molecule has 0 atom stereocenters. The minimum absolute atomic E-state index is 0. The summed E-state index contributed by atoms with van der Waals surface area (Å²) >= 11 is 14.0. The van der Waals surface area contributed by atoms with Gasteiger partial charge in [-0.05, 0) is 71.1 Å². The molecule has 0 spiro atoms. The van der Waals surface area contributed by atoms with Crippen LogP contribution in [0.2, 0.25) is 10.0 Å². The van der Waals surface area contributed by atoms with E-state index in [1.807, 2.05) is 48.5 Å². The van der Waals surface area contributed by atoms with Crippen molar-refractivity contribution in [2.24, 2.45) is 0 Å². The summed E-state index contributed by atoms with van der Waals surface area (Å²) in [5, 5.41) is 9.08. The molecule has 2 N–H and O–H groups in total. The molecular formula is C26H22Cl2KN3S. The number of halogens is 2. The normalized spacial score (nSPS) is 10.4. The van der Waals surface area contributed by atoms with E-state index in [9.17, 15) is 0 Å². The van der Waals surface area contributed by atoms with Gasteiger partial charge < -0.3 is 15.4 Å². The number of benzene rings is 4. The van der Waals surface area contributed by atoms with E-state index < -0.39 is 0 Å². The summed E-state index contributed by atoms with van der Waals surface area (Å²) in [6.07, 6.45) is 0. The van der Waals surface area contributed by atoms with Gasteiger partial charge in [-0.2, -0.15) is 0 Å². The molecule has 0 heterocycles. The van der Waals surface area contributed by atoms with Crippen molar-refractivity contribution in [3.63, 3.8) is 0 Å². The van der Waals surface area contributed by atoms with Crippen molar-refractivity contribution in [3.8, 4) is 11.1 Å². The molecule has 0 unspecified atom stereocenters. The second-order valence-electron chi connectivity index (χ2n) is 7.06. The molecule has 0 aromatic heterocycles. The fourth-order valence-corrected chi connectivity index (χ4v) is 4.50. The fourth-order valence-electron chi connectivity index (χ4n) is 3.18. The zero-order valence-corrected chi connectivity index (χ0v) is 23.7. The van der Waals surface area contributed by atoms with Crippen LogP contribution in [0.3, 0.4) is 0 Å². The van der Waals surface area contributed by atoms with E-state index in [1.165, 1.54) is 16.0 Å². The van der Waals surface area contributed by atoms with Crippen LogP contribution >= 0.6 is 35.1 Å². The van der Waals surface area contributed by atoms with Crippen LogP contribution in [-0.4, -0.2) is 6.67 Å². The first kappa shape index (κ1) is 26.6. The SMILES string of the molecule is Clc1cccc(Cl)c1C[N-]CNc1ccc(NSc2ccccc2-c2ccccc2)cc1.[K+]. The van der Waals surface area contributed by atoms with Crippen molar-refractivity contribution in [3.05, 3.63) is 118 Å². The summed E-state index contributed by atoms with van der Waals surface area (Å²) in [5.41, 5.74) is 5.30. The van der Waals surface area contributed by atoms with Crippen LogP contribution in [0.25, 0.3) is 16.4 Å². The van der Waals surface area contributed by atoms with Crippen LogP contribution in [0.1, 0.15) is 5.56 Å². The van der Waals surface area contributed by atoms with Gasteiger partial charge in [0.25, 0.3) is 0 Å². The van der Waals surface area contributed by atoms with E-state index in [2.05, 4.69) is 63.9 Å². The maximum absolute atomic E-state index is 6.19. The van der Waals surface area contributed by atoms with Crippen LogP contribution in [-0.2, 0) is 6.54 Å². The molecule has 0 radical (unpaired) electrons. The number of hydrogen-bond donors (Lipinski definition) is 2. The summed E-state index contributed by atoms with van der Waals surface area (Å²) in [4.78, 5) is 1.18. The molecule has 0 saturated heterocycles. The second kappa shape index (κ2) is 13.8. The molecule has 0 aliphatic carbocycles. The van der Waals surface area contributed by atoms with Gasteiger partial charge in [0.15, 0.2) is 0 Å². The zero-order valence-electron chi connectivity index (χ0n) is 18.3. The zero-order chi connectivity index (χ0) is 22.2. The molecule has 0 aliphatic heterocycles. The first-order valence-corrected chi connectivity index (χ1v) is 11.8. The third-order valence-corrected chi connectivity index (χ3v) is 6.48. The van der Waals surface area contributed by atoms with Crippen molar-refractivity contribution in [2.75, 3.05) is 16.7 Å². The maximum atomic E-state index is 6.19. The molecule has 0 bridgehead atoms. The monoisotopic (exact) mass is 517 g/mol. The summed E-state index contributed by atoms with van der Waals surface area (Å²) in [6.45, 7) is 0.955. The predicted molar refractivity (Wildman–Crippen MR) is 140 cm³/mol. The van der Waals surface area contributed by atoms with Gasteiger partial charge in [0, 0.05) is 26.3 Å². The van der Waals surface area contributed by atoms with E-state index in [0.29, 0.717) is 23.3 Å². The second-order valence-corrected chi connectivity index (χ2v) is 8.72. The van der Waals surface area contributed by atoms with E-state index in [4.69, 9.17) is 23.2 Å². The molecule has 0 fully saturated rings. The van der Waals surface area contributed by atoms with Gasteiger partial charge in [-0.1, -0.05) is 84.5 Å². The molecule has 0 amide bonds. The number of rotatable bonds is 9. The van der Waals surface area contributed by atoms with Crippen LogP contribution in [0.5, 0.6) is 0 Å². The van der Waals surface area contributed by atoms with Gasteiger partial charge in [-0.25, -0.2) is 0 Å². The molecule has 33 heavy (non-hydrogen) atoms. The minimum Gasteiger partial charge on any atom is -0.641 e. The largest absolute Gasteiger partial charge is 1.00 e. The fraction of sp³-hybridized carbons (Fsp3) is 0.0769. The van der Waals surface area contributed by atoms with E-state index in [-0.39, 0.29) is 51.4 Å². The Bertz CT molecular complexity index is 1140. The first-order chi connectivity index (χ1) is 15.7. The van der Waals surface area contributed by atoms with Crippen molar-refractivity contribution in [1.82, 2.24) is 0 Å². The minimum atomic E-state index is 0. The number of anilines is 2. The maximum Gasteiger partial charge on any atom is 1.00 e. The third kappa shape index (κ3) is 7.75. The van der Waals surface area contributed by atoms with Crippen molar-refractivity contribution in [1.29, 1.82) is 0 Å². The Kier molecular flexibility index (Phi) is 11.1. The van der Waals surface area contributed by atoms with E-state index >= 15 is 0 Å². The Morgan fingerprint density at radius 3 is 2.06 bits per heavy atom. The van der Waals surface area contributed by atoms with Crippen molar-refractivity contribution in [2.45, 2.75) is 11.4 Å². The molecule has 0 saturated carbocycles. The van der Waals surface area contributed by atoms with E-state index in [1.54, 1.807) is 11.9 Å². The Hall–Kier alpha value is -0.994. The number of nitrogens with one attached hydrogen (secondary N) is 2. The Labute approximate surface area is 252 Å². The Morgan fingerprint density at radius 1 is 0.697 bits per heavy atom. The molecule has 3 nitrogen and oxygen atoms in total. The molecule has 4 rings (SSSR count). The average molecular weight is 519 g/mol. The summed E-state index contributed by atoms with van der Waals surface area (Å²) in [5.74, 6) is 0. The van der Waals surface area contributed by atoms with Gasteiger partial charge in [-0.3, -0.25) is 0 Å². The van der Waals surface area contributed by atoms with E-state index in [0.717, 1.165) is 16.9 Å². The quantitative estimate of drug-likeness (QED) is 0.169. The van der Waals surface area contributed by atoms with Crippen LogP contribution < -0.4 is 61.4 Å². The molecule has 4 aromatic rings. The Balaban J connectivity index is 0.00000306. The van der Waals surface area contributed by atoms with Gasteiger partial charge in [0.1, 0.15) is 0 Å². The average Bonchev–Trinajstić information content (AvgIpc) is 2.83. The molecule has 0 aliphatic rings. The molecule has 162 valence electrons. The van der Waals surface area contributed by atoms with Crippen LogP contribution in [0.15, 0.2) is 102 Å². The molecule has 7 heteroatoms. The van der Waals surface area contributed by atoms with Crippen molar-refractivity contribution < 1.29 is 51.4 Å². The first-order valence-electron chi connectivity index (χ1n) is 10.2. The summed E-state index contributed by atoms with van der Waals surface area (Å²) in [6, 6.07) is 32.5. The summed E-state index contributed by atoms with van der Waals surface area (Å²) < 4.78 is 3.44. The molecule has 4 aromatic carbocycles. The standard InChI is InChI=1S/C26H22Cl2N3S.K/c27-24-10-6-11-25(28)23(24)17-29-18-30-20-13-15-21(16-14-20)31-32-26-12-5-4-9-22(26)19-7-2-1-3-8-19;/h1-16,30-31H,17-18H2;/q-1;+1. The van der Waals surface area contributed by atoms with Crippen LogP contribution in [0, 0.1) is 0 Å². The summed E-state index contributed by atoms with van der Waals surface area (Å²) in [7, 11) is 0. The van der Waals surface area contributed by atoms with Crippen molar-refractivity contribution >= 4 is 46.5 Å².